The van der Waals surface area contributed by atoms with E-state index in [0.717, 1.165) is 5.56 Å². The SMILES string of the molecule is COc1cc(C(=O)O)ccc1CCNC(=O)c1ccc(OC)c(OC)c1OC. The molecular weight excluding hydrogens is 366 g/mol. The van der Waals surface area contributed by atoms with Crippen LogP contribution in [0.15, 0.2) is 30.3 Å². The van der Waals surface area contributed by atoms with Crippen molar-refractivity contribution in [3.63, 3.8) is 0 Å². The van der Waals surface area contributed by atoms with Crippen molar-refractivity contribution in [2.24, 2.45) is 0 Å². The largest absolute Gasteiger partial charge is 0.496 e. The van der Waals surface area contributed by atoms with Crippen LogP contribution in [-0.4, -0.2) is 52.0 Å². The molecule has 0 aliphatic heterocycles. The number of amides is 1. The van der Waals surface area contributed by atoms with Crippen LogP contribution in [0.1, 0.15) is 26.3 Å². The fraction of sp³-hybridized carbons (Fsp3) is 0.300. The van der Waals surface area contributed by atoms with Crippen molar-refractivity contribution in [2.75, 3.05) is 35.0 Å². The minimum Gasteiger partial charge on any atom is -0.496 e. The van der Waals surface area contributed by atoms with Crippen molar-refractivity contribution in [1.82, 2.24) is 5.32 Å². The van der Waals surface area contributed by atoms with Gasteiger partial charge in [0.2, 0.25) is 5.75 Å². The minimum absolute atomic E-state index is 0.139. The highest BCUT2D eigenvalue weighted by Crippen LogP contribution is 2.39. The number of methoxy groups -OCH3 is 4. The van der Waals surface area contributed by atoms with E-state index in [2.05, 4.69) is 5.32 Å². The van der Waals surface area contributed by atoms with E-state index in [-0.39, 0.29) is 17.2 Å². The molecule has 0 radical (unpaired) electrons. The lowest BCUT2D eigenvalue weighted by atomic mass is 10.1. The molecule has 0 spiro atoms. The topological polar surface area (TPSA) is 103 Å². The van der Waals surface area contributed by atoms with Crippen molar-refractivity contribution < 1.29 is 33.6 Å². The molecule has 0 saturated heterocycles. The highest BCUT2D eigenvalue weighted by molar-refractivity contribution is 5.98. The van der Waals surface area contributed by atoms with Crippen molar-refractivity contribution in [1.29, 1.82) is 0 Å². The summed E-state index contributed by atoms with van der Waals surface area (Å²) < 4.78 is 21.1. The maximum absolute atomic E-state index is 12.6. The maximum Gasteiger partial charge on any atom is 0.335 e. The van der Waals surface area contributed by atoms with E-state index in [0.29, 0.717) is 35.8 Å². The lowest BCUT2D eigenvalue weighted by molar-refractivity contribution is 0.0696. The van der Waals surface area contributed by atoms with Crippen LogP contribution in [0.3, 0.4) is 0 Å². The molecule has 2 aromatic carbocycles. The molecule has 0 bridgehead atoms. The van der Waals surface area contributed by atoms with Gasteiger partial charge in [0.1, 0.15) is 5.75 Å². The number of ether oxygens (including phenoxy) is 4. The van der Waals surface area contributed by atoms with Crippen LogP contribution >= 0.6 is 0 Å². The number of hydrogen-bond acceptors (Lipinski definition) is 6. The number of nitrogens with one attached hydrogen (secondary N) is 1. The molecule has 0 aliphatic carbocycles. The average molecular weight is 389 g/mol. The molecule has 0 saturated carbocycles. The van der Waals surface area contributed by atoms with Crippen LogP contribution in [0.2, 0.25) is 0 Å². The molecule has 0 fully saturated rings. The first-order valence-electron chi connectivity index (χ1n) is 8.44. The fourth-order valence-electron chi connectivity index (χ4n) is 2.77. The molecule has 0 unspecified atom stereocenters. The standard InChI is InChI=1S/C20H23NO7/c1-25-15-8-7-14(17(27-3)18(15)28-4)19(22)21-10-9-12-5-6-13(20(23)24)11-16(12)26-2/h5-8,11H,9-10H2,1-4H3,(H,21,22)(H,23,24). The van der Waals surface area contributed by atoms with Crippen LogP contribution in [0, 0.1) is 0 Å². The van der Waals surface area contributed by atoms with E-state index in [9.17, 15) is 9.59 Å². The Morgan fingerprint density at radius 3 is 2.14 bits per heavy atom. The van der Waals surface area contributed by atoms with Gasteiger partial charge in [0.25, 0.3) is 5.91 Å². The predicted molar refractivity (Wildman–Crippen MR) is 102 cm³/mol. The Hall–Kier alpha value is -3.42. The highest BCUT2D eigenvalue weighted by Gasteiger charge is 2.20. The zero-order valence-corrected chi connectivity index (χ0v) is 16.2. The summed E-state index contributed by atoms with van der Waals surface area (Å²) in [5.74, 6) is 0.168. The molecular formula is C20H23NO7. The summed E-state index contributed by atoms with van der Waals surface area (Å²) in [4.78, 5) is 23.6. The van der Waals surface area contributed by atoms with Gasteiger partial charge in [-0.15, -0.1) is 0 Å². The van der Waals surface area contributed by atoms with Gasteiger partial charge in [-0.3, -0.25) is 4.79 Å². The van der Waals surface area contributed by atoms with Crippen LogP contribution in [0.25, 0.3) is 0 Å². The van der Waals surface area contributed by atoms with Crippen molar-refractivity contribution in [3.8, 4) is 23.0 Å². The Labute approximate surface area is 163 Å². The smallest absolute Gasteiger partial charge is 0.335 e. The quantitative estimate of drug-likeness (QED) is 0.679. The Morgan fingerprint density at radius 1 is 0.893 bits per heavy atom. The second-order valence-electron chi connectivity index (χ2n) is 5.72. The number of carboxylic acid groups (broad SMARTS) is 1. The van der Waals surface area contributed by atoms with E-state index in [1.165, 1.54) is 40.6 Å². The molecule has 0 heterocycles. The van der Waals surface area contributed by atoms with Gasteiger partial charge >= 0.3 is 5.97 Å². The number of hydrogen-bond donors (Lipinski definition) is 2. The third kappa shape index (κ3) is 4.46. The van der Waals surface area contributed by atoms with Crippen LogP contribution in [0.5, 0.6) is 23.0 Å². The average Bonchev–Trinajstić information content (AvgIpc) is 2.72. The van der Waals surface area contributed by atoms with Gasteiger partial charge in [0, 0.05) is 6.54 Å². The van der Waals surface area contributed by atoms with E-state index >= 15 is 0 Å². The molecule has 2 N–H and O–H groups in total. The summed E-state index contributed by atoms with van der Waals surface area (Å²) in [6.45, 7) is 0.319. The second-order valence-corrected chi connectivity index (χ2v) is 5.72. The van der Waals surface area contributed by atoms with Gasteiger partial charge in [-0.25, -0.2) is 4.79 Å². The first kappa shape index (κ1) is 20.9. The van der Waals surface area contributed by atoms with Crippen LogP contribution in [-0.2, 0) is 6.42 Å². The highest BCUT2D eigenvalue weighted by atomic mass is 16.5. The first-order chi connectivity index (χ1) is 13.5. The number of rotatable bonds is 9. The van der Waals surface area contributed by atoms with Gasteiger partial charge < -0.3 is 29.4 Å². The van der Waals surface area contributed by atoms with Crippen LogP contribution in [0.4, 0.5) is 0 Å². The minimum atomic E-state index is -1.03. The number of benzene rings is 2. The molecule has 0 aliphatic rings. The number of carbonyl (C=O) groups excluding carboxylic acids is 1. The molecule has 8 nitrogen and oxygen atoms in total. The molecule has 150 valence electrons. The van der Waals surface area contributed by atoms with E-state index < -0.39 is 5.97 Å². The zero-order valence-electron chi connectivity index (χ0n) is 16.2. The van der Waals surface area contributed by atoms with Gasteiger partial charge in [0.15, 0.2) is 11.5 Å². The maximum atomic E-state index is 12.6. The first-order valence-corrected chi connectivity index (χ1v) is 8.44. The number of carboxylic acids is 1. The summed E-state index contributed by atoms with van der Waals surface area (Å²) in [5, 5.41) is 11.9. The Morgan fingerprint density at radius 2 is 1.57 bits per heavy atom. The number of aromatic carboxylic acids is 1. The normalized spacial score (nSPS) is 10.1. The Balaban J connectivity index is 2.12. The fourth-order valence-corrected chi connectivity index (χ4v) is 2.77. The second kappa shape index (κ2) is 9.50. The number of carbonyl (C=O) groups is 2. The summed E-state index contributed by atoms with van der Waals surface area (Å²) >= 11 is 0. The van der Waals surface area contributed by atoms with E-state index in [1.54, 1.807) is 18.2 Å². The molecule has 1 amide bonds. The third-order valence-corrected chi connectivity index (χ3v) is 4.16. The molecule has 8 heteroatoms. The van der Waals surface area contributed by atoms with E-state index in [1.807, 2.05) is 0 Å². The van der Waals surface area contributed by atoms with Gasteiger partial charge in [-0.1, -0.05) is 6.07 Å². The van der Waals surface area contributed by atoms with Gasteiger partial charge in [-0.2, -0.15) is 0 Å². The van der Waals surface area contributed by atoms with Gasteiger partial charge in [-0.05, 0) is 36.2 Å². The summed E-state index contributed by atoms with van der Waals surface area (Å²) in [6, 6.07) is 7.85. The van der Waals surface area contributed by atoms with Crippen molar-refractivity contribution in [2.45, 2.75) is 6.42 Å². The Bertz CT molecular complexity index is 864. The molecule has 0 aromatic heterocycles. The monoisotopic (exact) mass is 389 g/mol. The van der Waals surface area contributed by atoms with E-state index in [4.69, 9.17) is 24.1 Å². The molecule has 2 rings (SSSR count). The Kier molecular flexibility index (Phi) is 7.08. The lowest BCUT2D eigenvalue weighted by Crippen LogP contribution is -2.26. The van der Waals surface area contributed by atoms with Crippen molar-refractivity contribution >= 4 is 11.9 Å². The molecule has 0 atom stereocenters. The third-order valence-electron chi connectivity index (χ3n) is 4.16. The molecule has 2 aromatic rings. The summed E-state index contributed by atoms with van der Waals surface area (Å²) in [7, 11) is 5.88. The van der Waals surface area contributed by atoms with Crippen LogP contribution < -0.4 is 24.3 Å². The summed E-state index contributed by atoms with van der Waals surface area (Å²) in [5.41, 5.74) is 1.24. The van der Waals surface area contributed by atoms with Gasteiger partial charge in [0.05, 0.1) is 39.6 Å². The lowest BCUT2D eigenvalue weighted by Gasteiger charge is -2.15. The molecule has 28 heavy (non-hydrogen) atoms. The van der Waals surface area contributed by atoms with Crippen molar-refractivity contribution in [3.05, 3.63) is 47.0 Å². The summed E-state index contributed by atoms with van der Waals surface area (Å²) in [6.07, 6.45) is 0.463. The zero-order chi connectivity index (χ0) is 20.7. The predicted octanol–water partition coefficient (Wildman–Crippen LogP) is 2.39.